The number of benzene rings is 1. The Kier molecular flexibility index (Phi) is 3.79. The SMILES string of the molecule is COC(=O)c1c(N)c(C#N)cn1-c1ccc([N+](=O)[O-])c2ccncc12. The lowest BCUT2D eigenvalue weighted by Crippen LogP contribution is -2.11. The molecule has 0 aliphatic carbocycles. The summed E-state index contributed by atoms with van der Waals surface area (Å²) < 4.78 is 6.12. The zero-order valence-electron chi connectivity index (χ0n) is 13.0. The van der Waals surface area contributed by atoms with E-state index >= 15 is 0 Å². The summed E-state index contributed by atoms with van der Waals surface area (Å²) in [6.07, 6.45) is 4.27. The number of nitrogens with zero attached hydrogens (tertiary/aromatic N) is 4. The second kappa shape index (κ2) is 5.93. The van der Waals surface area contributed by atoms with Crippen molar-refractivity contribution in [2.45, 2.75) is 0 Å². The number of nitriles is 1. The monoisotopic (exact) mass is 337 g/mol. The summed E-state index contributed by atoms with van der Waals surface area (Å²) in [5.74, 6) is -0.727. The van der Waals surface area contributed by atoms with Crippen LogP contribution in [0.2, 0.25) is 0 Å². The van der Waals surface area contributed by atoms with E-state index in [0.29, 0.717) is 16.5 Å². The third kappa shape index (κ3) is 2.42. The van der Waals surface area contributed by atoms with Crippen molar-refractivity contribution in [3.8, 4) is 11.8 Å². The summed E-state index contributed by atoms with van der Waals surface area (Å²) in [6, 6.07) is 6.20. The minimum Gasteiger partial charge on any atom is -0.464 e. The molecule has 0 aliphatic rings. The molecular formula is C16H11N5O4. The number of nitro benzene ring substituents is 1. The van der Waals surface area contributed by atoms with Crippen molar-refractivity contribution >= 4 is 28.1 Å². The Morgan fingerprint density at radius 3 is 2.80 bits per heavy atom. The molecule has 0 fully saturated rings. The lowest BCUT2D eigenvalue weighted by molar-refractivity contribution is -0.383. The van der Waals surface area contributed by atoms with Crippen LogP contribution in [0.25, 0.3) is 16.5 Å². The molecule has 0 unspecified atom stereocenters. The van der Waals surface area contributed by atoms with E-state index in [1.165, 1.54) is 48.5 Å². The van der Waals surface area contributed by atoms with Crippen molar-refractivity contribution in [2.75, 3.05) is 12.8 Å². The van der Waals surface area contributed by atoms with Crippen LogP contribution in [-0.2, 0) is 4.74 Å². The number of anilines is 1. The summed E-state index contributed by atoms with van der Waals surface area (Å²) in [4.78, 5) is 26.8. The van der Waals surface area contributed by atoms with E-state index in [1.54, 1.807) is 0 Å². The Bertz CT molecular complexity index is 1060. The Labute approximate surface area is 141 Å². The highest BCUT2D eigenvalue weighted by Crippen LogP contribution is 2.33. The van der Waals surface area contributed by atoms with E-state index in [9.17, 15) is 20.2 Å². The van der Waals surface area contributed by atoms with E-state index in [-0.39, 0.29) is 22.6 Å². The van der Waals surface area contributed by atoms with Crippen molar-refractivity contribution in [3.63, 3.8) is 0 Å². The topological polar surface area (TPSA) is 137 Å². The predicted molar refractivity (Wildman–Crippen MR) is 88.2 cm³/mol. The summed E-state index contributed by atoms with van der Waals surface area (Å²) in [5.41, 5.74) is 6.25. The number of carbonyl (C=O) groups excluding carboxylic acids is 1. The second-order valence-corrected chi connectivity index (χ2v) is 5.06. The molecule has 9 nitrogen and oxygen atoms in total. The molecule has 124 valence electrons. The first-order chi connectivity index (χ1) is 12.0. The molecule has 1 aromatic carbocycles. The Hall–Kier alpha value is -3.93. The van der Waals surface area contributed by atoms with Crippen LogP contribution < -0.4 is 5.73 Å². The van der Waals surface area contributed by atoms with E-state index in [0.717, 1.165) is 0 Å². The highest BCUT2D eigenvalue weighted by molar-refractivity contribution is 6.00. The van der Waals surface area contributed by atoms with Crippen molar-refractivity contribution in [1.82, 2.24) is 9.55 Å². The zero-order valence-corrected chi connectivity index (χ0v) is 13.0. The highest BCUT2D eigenvalue weighted by Gasteiger charge is 2.24. The molecule has 0 atom stereocenters. The second-order valence-electron chi connectivity index (χ2n) is 5.06. The van der Waals surface area contributed by atoms with Gasteiger partial charge in [-0.25, -0.2) is 4.79 Å². The molecule has 0 saturated carbocycles. The molecule has 2 aromatic heterocycles. The molecule has 2 N–H and O–H groups in total. The van der Waals surface area contributed by atoms with Crippen LogP contribution in [-0.4, -0.2) is 27.6 Å². The van der Waals surface area contributed by atoms with Gasteiger partial charge in [0.05, 0.1) is 34.4 Å². The molecule has 0 amide bonds. The van der Waals surface area contributed by atoms with E-state index in [1.807, 2.05) is 6.07 Å². The maximum Gasteiger partial charge on any atom is 0.357 e. The van der Waals surface area contributed by atoms with Gasteiger partial charge in [-0.2, -0.15) is 5.26 Å². The number of hydrogen-bond donors (Lipinski definition) is 1. The Morgan fingerprint density at radius 1 is 1.40 bits per heavy atom. The molecule has 0 bridgehead atoms. The lowest BCUT2D eigenvalue weighted by atomic mass is 10.1. The van der Waals surface area contributed by atoms with E-state index in [4.69, 9.17) is 10.5 Å². The van der Waals surface area contributed by atoms with Gasteiger partial charge in [0.2, 0.25) is 0 Å². The molecule has 3 rings (SSSR count). The molecule has 0 aliphatic heterocycles. The van der Waals surface area contributed by atoms with Crippen LogP contribution in [0.3, 0.4) is 0 Å². The smallest absolute Gasteiger partial charge is 0.357 e. The van der Waals surface area contributed by atoms with Crippen LogP contribution in [0.4, 0.5) is 11.4 Å². The van der Waals surface area contributed by atoms with Gasteiger partial charge in [-0.1, -0.05) is 0 Å². The first kappa shape index (κ1) is 15.9. The van der Waals surface area contributed by atoms with Crippen LogP contribution in [0, 0.1) is 21.4 Å². The number of methoxy groups -OCH3 is 1. The zero-order chi connectivity index (χ0) is 18.1. The average molecular weight is 337 g/mol. The van der Waals surface area contributed by atoms with Gasteiger partial charge in [-0.15, -0.1) is 0 Å². The fraction of sp³-hybridized carbons (Fsp3) is 0.0625. The Balaban J connectivity index is 2.39. The maximum absolute atomic E-state index is 12.1. The lowest BCUT2D eigenvalue weighted by Gasteiger charge is -2.11. The number of nitrogens with two attached hydrogens (primary N) is 1. The normalized spacial score (nSPS) is 10.4. The fourth-order valence-electron chi connectivity index (χ4n) is 2.63. The molecule has 9 heteroatoms. The van der Waals surface area contributed by atoms with Gasteiger partial charge in [-0.3, -0.25) is 15.1 Å². The van der Waals surface area contributed by atoms with Crippen molar-refractivity contribution in [2.24, 2.45) is 0 Å². The molecule has 0 radical (unpaired) electrons. The number of carbonyl (C=O) groups is 1. The molecular weight excluding hydrogens is 326 g/mol. The van der Waals surface area contributed by atoms with Crippen LogP contribution in [0.15, 0.2) is 36.8 Å². The van der Waals surface area contributed by atoms with Crippen molar-refractivity contribution in [1.29, 1.82) is 5.26 Å². The van der Waals surface area contributed by atoms with Gasteiger partial charge in [-0.05, 0) is 12.1 Å². The average Bonchev–Trinajstić information content (AvgIpc) is 2.96. The van der Waals surface area contributed by atoms with Gasteiger partial charge in [0.15, 0.2) is 5.69 Å². The third-order valence-corrected chi connectivity index (χ3v) is 3.77. The quantitative estimate of drug-likeness (QED) is 0.439. The first-order valence-electron chi connectivity index (χ1n) is 7.00. The van der Waals surface area contributed by atoms with Crippen LogP contribution in [0.1, 0.15) is 16.1 Å². The summed E-state index contributed by atoms with van der Waals surface area (Å²) in [6.45, 7) is 0. The van der Waals surface area contributed by atoms with Crippen LogP contribution >= 0.6 is 0 Å². The Morgan fingerprint density at radius 2 is 2.16 bits per heavy atom. The van der Waals surface area contributed by atoms with E-state index < -0.39 is 10.9 Å². The number of ether oxygens (including phenoxy) is 1. The standard InChI is InChI=1S/C16H11N5O4/c1-25-16(22)15-14(18)9(6-17)8-20(15)12-2-3-13(21(23)24)10-4-5-19-7-11(10)12/h2-5,7-8H,18H2,1H3. The molecule has 0 saturated heterocycles. The van der Waals surface area contributed by atoms with E-state index in [2.05, 4.69) is 4.98 Å². The van der Waals surface area contributed by atoms with Gasteiger partial charge in [0, 0.05) is 30.0 Å². The number of non-ortho nitro benzene ring substituents is 1. The van der Waals surface area contributed by atoms with Crippen molar-refractivity contribution < 1.29 is 14.5 Å². The number of hydrogen-bond acceptors (Lipinski definition) is 7. The minimum absolute atomic E-state index is 0.0234. The number of rotatable bonds is 3. The predicted octanol–water partition coefficient (Wildman–Crippen LogP) is 2.17. The van der Waals surface area contributed by atoms with Gasteiger partial charge in [0.25, 0.3) is 5.69 Å². The number of aromatic nitrogens is 2. The number of pyridine rings is 1. The minimum atomic E-state index is -0.727. The van der Waals surface area contributed by atoms with Gasteiger partial charge >= 0.3 is 5.97 Å². The fourth-order valence-corrected chi connectivity index (χ4v) is 2.63. The van der Waals surface area contributed by atoms with Gasteiger partial charge in [0.1, 0.15) is 6.07 Å². The summed E-state index contributed by atoms with van der Waals surface area (Å²) >= 11 is 0. The third-order valence-electron chi connectivity index (χ3n) is 3.77. The summed E-state index contributed by atoms with van der Waals surface area (Å²) in [7, 11) is 1.20. The first-order valence-corrected chi connectivity index (χ1v) is 7.00. The largest absolute Gasteiger partial charge is 0.464 e. The molecule has 3 aromatic rings. The number of nitrogen functional groups attached to an aromatic ring is 1. The molecule has 0 spiro atoms. The molecule has 25 heavy (non-hydrogen) atoms. The number of fused-ring (bicyclic) bond motifs is 1. The highest BCUT2D eigenvalue weighted by atomic mass is 16.6. The number of nitro groups is 1. The van der Waals surface area contributed by atoms with Gasteiger partial charge < -0.3 is 15.0 Å². The summed E-state index contributed by atoms with van der Waals surface area (Å²) in [5, 5.41) is 21.2. The number of esters is 1. The maximum atomic E-state index is 12.1. The van der Waals surface area contributed by atoms with Crippen molar-refractivity contribution in [3.05, 3.63) is 58.2 Å². The molecule has 2 heterocycles. The van der Waals surface area contributed by atoms with Crippen LogP contribution in [0.5, 0.6) is 0 Å².